The van der Waals surface area contributed by atoms with Crippen LogP contribution >= 0.6 is 11.6 Å². The molecule has 7 nitrogen and oxygen atoms in total. The zero-order valence-electron chi connectivity index (χ0n) is 16.6. The van der Waals surface area contributed by atoms with E-state index in [4.69, 9.17) is 21.1 Å². The minimum Gasteiger partial charge on any atom is -0.497 e. The van der Waals surface area contributed by atoms with Crippen LogP contribution in [0.2, 0.25) is 5.02 Å². The predicted octanol–water partition coefficient (Wildman–Crippen LogP) is 3.00. The lowest BCUT2D eigenvalue weighted by Gasteiger charge is -2.42. The first kappa shape index (κ1) is 21.1. The molecule has 30 heavy (non-hydrogen) atoms. The van der Waals surface area contributed by atoms with E-state index in [1.165, 1.54) is 11.4 Å². The van der Waals surface area contributed by atoms with Gasteiger partial charge in [-0.05, 0) is 48.5 Å². The molecule has 1 spiro atoms. The fourth-order valence-electron chi connectivity index (χ4n) is 4.04. The van der Waals surface area contributed by atoms with E-state index in [2.05, 4.69) is 0 Å². The number of benzene rings is 2. The molecule has 0 atom stereocenters. The third kappa shape index (κ3) is 3.80. The number of nitrogens with zero attached hydrogens (tertiary/aromatic N) is 2. The summed E-state index contributed by atoms with van der Waals surface area (Å²) in [7, 11) is -2.20. The van der Waals surface area contributed by atoms with Gasteiger partial charge in [0.25, 0.3) is 5.91 Å². The maximum atomic E-state index is 13.3. The van der Waals surface area contributed by atoms with Gasteiger partial charge in [0.2, 0.25) is 10.0 Å². The molecule has 2 saturated heterocycles. The number of sulfonamides is 1. The molecule has 0 radical (unpaired) electrons. The van der Waals surface area contributed by atoms with Gasteiger partial charge in [0.1, 0.15) is 11.5 Å². The number of rotatable bonds is 4. The average Bonchev–Trinajstić information content (AvgIpc) is 3.18. The van der Waals surface area contributed by atoms with Crippen molar-refractivity contribution in [1.82, 2.24) is 9.21 Å². The van der Waals surface area contributed by atoms with Gasteiger partial charge in [-0.2, -0.15) is 4.31 Å². The van der Waals surface area contributed by atoms with Gasteiger partial charge < -0.3 is 14.4 Å². The van der Waals surface area contributed by atoms with E-state index in [9.17, 15) is 13.2 Å². The van der Waals surface area contributed by atoms with Crippen LogP contribution in [-0.4, -0.2) is 62.6 Å². The molecular weight excluding hydrogens is 428 g/mol. The molecule has 2 aromatic rings. The Morgan fingerprint density at radius 3 is 2.27 bits per heavy atom. The number of piperidine rings is 1. The molecule has 9 heteroatoms. The molecule has 0 aliphatic carbocycles. The fourth-order valence-corrected chi connectivity index (χ4v) is 5.89. The largest absolute Gasteiger partial charge is 0.497 e. The van der Waals surface area contributed by atoms with Crippen LogP contribution in [0.15, 0.2) is 53.4 Å². The number of methoxy groups -OCH3 is 1. The Kier molecular flexibility index (Phi) is 5.76. The SMILES string of the molecule is COc1ccc(S(=O)(=O)N2CCOC23CCN(C(=O)c2ccc(Cl)cc2)CC3)cc1. The summed E-state index contributed by atoms with van der Waals surface area (Å²) < 4.78 is 39.1. The zero-order valence-corrected chi connectivity index (χ0v) is 18.2. The van der Waals surface area contributed by atoms with Crippen molar-refractivity contribution in [2.45, 2.75) is 23.5 Å². The average molecular weight is 451 g/mol. The third-order valence-corrected chi connectivity index (χ3v) is 7.91. The molecule has 0 N–H and O–H groups in total. The van der Waals surface area contributed by atoms with Gasteiger partial charge in [-0.1, -0.05) is 11.6 Å². The Hall–Kier alpha value is -2.13. The van der Waals surface area contributed by atoms with Gasteiger partial charge in [-0.3, -0.25) is 4.79 Å². The molecule has 0 bridgehead atoms. The zero-order chi connectivity index (χ0) is 21.4. The van der Waals surface area contributed by atoms with Crippen molar-refractivity contribution in [3.63, 3.8) is 0 Å². The van der Waals surface area contributed by atoms with Crippen molar-refractivity contribution in [3.05, 3.63) is 59.1 Å². The van der Waals surface area contributed by atoms with Crippen LogP contribution in [0.25, 0.3) is 0 Å². The lowest BCUT2D eigenvalue weighted by atomic mass is 10.00. The summed E-state index contributed by atoms with van der Waals surface area (Å²) >= 11 is 5.90. The second-order valence-corrected chi connectivity index (χ2v) is 9.65. The number of likely N-dealkylation sites (tertiary alicyclic amines) is 1. The van der Waals surface area contributed by atoms with Gasteiger partial charge in [0.05, 0.1) is 18.6 Å². The molecule has 0 unspecified atom stereocenters. The highest BCUT2D eigenvalue weighted by atomic mass is 35.5. The molecule has 0 aromatic heterocycles. The van der Waals surface area contributed by atoms with Crippen LogP contribution in [0.5, 0.6) is 5.75 Å². The second kappa shape index (κ2) is 8.19. The van der Waals surface area contributed by atoms with E-state index in [-0.39, 0.29) is 10.8 Å². The highest BCUT2D eigenvalue weighted by Gasteiger charge is 2.51. The molecule has 160 valence electrons. The summed E-state index contributed by atoms with van der Waals surface area (Å²) in [6, 6.07) is 13.1. The van der Waals surface area contributed by atoms with Gasteiger partial charge in [-0.25, -0.2) is 8.42 Å². The van der Waals surface area contributed by atoms with Crippen LogP contribution in [0, 0.1) is 0 Å². The quantitative estimate of drug-likeness (QED) is 0.715. The topological polar surface area (TPSA) is 76.2 Å². The first-order chi connectivity index (χ1) is 14.4. The maximum Gasteiger partial charge on any atom is 0.253 e. The minimum atomic E-state index is -3.73. The minimum absolute atomic E-state index is 0.0934. The summed E-state index contributed by atoms with van der Waals surface area (Å²) in [6.45, 7) is 1.45. The Bertz CT molecular complexity index is 1020. The van der Waals surface area contributed by atoms with E-state index in [1.807, 2.05) is 0 Å². The number of hydrogen-bond acceptors (Lipinski definition) is 5. The van der Waals surface area contributed by atoms with Crippen molar-refractivity contribution in [1.29, 1.82) is 0 Å². The van der Waals surface area contributed by atoms with Crippen LogP contribution in [-0.2, 0) is 14.8 Å². The molecule has 1 amide bonds. The van der Waals surface area contributed by atoms with Gasteiger partial charge in [0, 0.05) is 43.1 Å². The van der Waals surface area contributed by atoms with E-state index >= 15 is 0 Å². The molecule has 2 aliphatic rings. The monoisotopic (exact) mass is 450 g/mol. The summed E-state index contributed by atoms with van der Waals surface area (Å²) in [5, 5.41) is 0.572. The molecule has 2 heterocycles. The summed E-state index contributed by atoms with van der Waals surface area (Å²) in [6.07, 6.45) is 0.837. The predicted molar refractivity (Wildman–Crippen MR) is 112 cm³/mol. The maximum absolute atomic E-state index is 13.3. The third-order valence-electron chi connectivity index (χ3n) is 5.69. The number of halogens is 1. The second-order valence-electron chi connectivity index (χ2n) is 7.35. The first-order valence-corrected chi connectivity index (χ1v) is 11.5. The van der Waals surface area contributed by atoms with Crippen molar-refractivity contribution in [2.75, 3.05) is 33.4 Å². The van der Waals surface area contributed by atoms with Gasteiger partial charge in [-0.15, -0.1) is 0 Å². The van der Waals surface area contributed by atoms with Crippen LogP contribution in [0.1, 0.15) is 23.2 Å². The van der Waals surface area contributed by atoms with E-state index in [0.717, 1.165) is 0 Å². The highest BCUT2D eigenvalue weighted by molar-refractivity contribution is 7.89. The highest BCUT2D eigenvalue weighted by Crippen LogP contribution is 2.38. The Balaban J connectivity index is 1.50. The Morgan fingerprint density at radius 1 is 1.03 bits per heavy atom. The molecule has 0 saturated carbocycles. The van der Waals surface area contributed by atoms with Crippen LogP contribution in [0.4, 0.5) is 0 Å². The molecule has 2 aromatic carbocycles. The number of ether oxygens (including phenoxy) is 2. The van der Waals surface area contributed by atoms with Gasteiger partial charge >= 0.3 is 0 Å². The molecule has 2 fully saturated rings. The molecule has 2 aliphatic heterocycles. The van der Waals surface area contributed by atoms with Crippen molar-refractivity contribution < 1.29 is 22.7 Å². The number of carbonyl (C=O) groups is 1. The Labute approximate surface area is 181 Å². The van der Waals surface area contributed by atoms with Crippen molar-refractivity contribution >= 4 is 27.5 Å². The van der Waals surface area contributed by atoms with E-state index in [0.29, 0.717) is 55.4 Å². The number of hydrogen-bond donors (Lipinski definition) is 0. The lowest BCUT2D eigenvalue weighted by molar-refractivity contribution is -0.0857. The first-order valence-electron chi connectivity index (χ1n) is 9.71. The van der Waals surface area contributed by atoms with Crippen molar-refractivity contribution in [2.24, 2.45) is 0 Å². The molecular formula is C21H23ClN2O5S. The van der Waals surface area contributed by atoms with Crippen LogP contribution in [0.3, 0.4) is 0 Å². The summed E-state index contributed by atoms with van der Waals surface area (Å²) in [5.74, 6) is 0.499. The lowest BCUT2D eigenvalue weighted by Crippen LogP contribution is -2.55. The summed E-state index contributed by atoms with van der Waals surface area (Å²) in [4.78, 5) is 14.7. The van der Waals surface area contributed by atoms with Gasteiger partial charge in [0.15, 0.2) is 0 Å². The molecule has 4 rings (SSSR count). The van der Waals surface area contributed by atoms with E-state index in [1.54, 1.807) is 53.4 Å². The van der Waals surface area contributed by atoms with Crippen molar-refractivity contribution in [3.8, 4) is 5.75 Å². The van der Waals surface area contributed by atoms with Crippen LogP contribution < -0.4 is 4.74 Å². The number of carbonyl (C=O) groups excluding carboxylic acids is 1. The fraction of sp³-hybridized carbons (Fsp3) is 0.381. The van der Waals surface area contributed by atoms with E-state index < -0.39 is 15.7 Å². The standard InChI is InChI=1S/C21H23ClN2O5S/c1-28-18-6-8-19(9-7-18)30(26,27)24-14-15-29-21(24)10-12-23(13-11-21)20(25)16-2-4-17(22)5-3-16/h2-9H,10-15H2,1H3. The summed E-state index contributed by atoms with van der Waals surface area (Å²) in [5.41, 5.74) is -0.361. The normalized spacial score (nSPS) is 19.2. The smallest absolute Gasteiger partial charge is 0.253 e. The Morgan fingerprint density at radius 2 is 1.67 bits per heavy atom. The number of amides is 1.